The second-order valence-corrected chi connectivity index (χ2v) is 7.10. The SMILES string of the molecule is COc1cccc(-c2ccc(C(=O)N(C)[C@@H](c3ccccn3)C3CC3)cc2)n1. The topological polar surface area (TPSA) is 55.3 Å². The van der Waals surface area contributed by atoms with Crippen molar-refractivity contribution in [1.82, 2.24) is 14.9 Å². The van der Waals surface area contributed by atoms with Gasteiger partial charge < -0.3 is 9.64 Å². The molecule has 0 saturated heterocycles. The van der Waals surface area contributed by atoms with Crippen molar-refractivity contribution in [2.24, 2.45) is 5.92 Å². The summed E-state index contributed by atoms with van der Waals surface area (Å²) in [6.45, 7) is 0. The first kappa shape index (κ1) is 18.2. The van der Waals surface area contributed by atoms with Gasteiger partial charge in [-0.1, -0.05) is 24.3 Å². The molecule has 1 amide bonds. The van der Waals surface area contributed by atoms with E-state index in [1.165, 1.54) is 0 Å². The molecular formula is C23H23N3O2. The number of aromatic nitrogens is 2. The molecule has 142 valence electrons. The number of hydrogen-bond donors (Lipinski definition) is 0. The van der Waals surface area contributed by atoms with Gasteiger partial charge in [0.05, 0.1) is 24.5 Å². The number of pyridine rings is 2. The molecule has 3 aromatic rings. The number of ether oxygens (including phenoxy) is 1. The first-order valence-electron chi connectivity index (χ1n) is 9.47. The Morgan fingerprint density at radius 2 is 1.86 bits per heavy atom. The van der Waals surface area contributed by atoms with Crippen LogP contribution in [0.15, 0.2) is 66.9 Å². The van der Waals surface area contributed by atoms with Crippen molar-refractivity contribution in [1.29, 1.82) is 0 Å². The Hall–Kier alpha value is -3.21. The standard InChI is InChI=1S/C23H23N3O2/c1-26(22(17-11-12-17)20-6-3-4-15-24-20)23(27)18-13-9-16(10-14-18)19-7-5-8-21(25-19)28-2/h3-10,13-15,17,22H,11-12H2,1-2H3/t22-/m1/s1. The van der Waals surface area contributed by atoms with Crippen molar-refractivity contribution >= 4 is 5.91 Å². The van der Waals surface area contributed by atoms with E-state index in [9.17, 15) is 4.79 Å². The molecule has 1 fully saturated rings. The second kappa shape index (κ2) is 7.80. The van der Waals surface area contributed by atoms with Gasteiger partial charge in [-0.2, -0.15) is 0 Å². The Morgan fingerprint density at radius 3 is 2.50 bits per heavy atom. The number of rotatable bonds is 6. The Bertz CT molecular complexity index is 953. The predicted octanol–water partition coefficient (Wildman–Crippen LogP) is 4.38. The van der Waals surface area contributed by atoms with Crippen molar-refractivity contribution < 1.29 is 9.53 Å². The maximum absolute atomic E-state index is 13.1. The van der Waals surface area contributed by atoms with E-state index in [4.69, 9.17) is 4.74 Å². The number of methoxy groups -OCH3 is 1. The van der Waals surface area contributed by atoms with Crippen molar-refractivity contribution in [3.63, 3.8) is 0 Å². The van der Waals surface area contributed by atoms with Gasteiger partial charge in [-0.3, -0.25) is 9.78 Å². The van der Waals surface area contributed by atoms with Crippen LogP contribution in [0.2, 0.25) is 0 Å². The van der Waals surface area contributed by atoms with Gasteiger partial charge in [0.25, 0.3) is 5.91 Å². The molecule has 1 aliphatic carbocycles. The van der Waals surface area contributed by atoms with Crippen LogP contribution in [-0.2, 0) is 0 Å². The lowest BCUT2D eigenvalue weighted by molar-refractivity contribution is 0.0707. The summed E-state index contributed by atoms with van der Waals surface area (Å²) in [5.41, 5.74) is 3.38. The molecule has 4 rings (SSSR count). The molecule has 28 heavy (non-hydrogen) atoms. The van der Waals surface area contributed by atoms with E-state index in [1.807, 2.05) is 72.6 Å². The normalized spacial score (nSPS) is 14.4. The van der Waals surface area contributed by atoms with Crippen LogP contribution in [0.5, 0.6) is 5.88 Å². The fourth-order valence-electron chi connectivity index (χ4n) is 3.52. The third kappa shape index (κ3) is 3.74. The molecule has 2 aromatic heterocycles. The van der Waals surface area contributed by atoms with Gasteiger partial charge in [-0.15, -0.1) is 0 Å². The summed E-state index contributed by atoms with van der Waals surface area (Å²) in [7, 11) is 3.47. The number of amides is 1. The molecule has 1 aliphatic rings. The average molecular weight is 373 g/mol. The number of carbonyl (C=O) groups excluding carboxylic acids is 1. The van der Waals surface area contributed by atoms with Gasteiger partial charge in [0.1, 0.15) is 0 Å². The third-order valence-corrected chi connectivity index (χ3v) is 5.16. The molecule has 0 radical (unpaired) electrons. The lowest BCUT2D eigenvalue weighted by Crippen LogP contribution is -2.33. The van der Waals surface area contributed by atoms with Crippen molar-refractivity contribution in [3.8, 4) is 17.1 Å². The van der Waals surface area contributed by atoms with E-state index in [-0.39, 0.29) is 11.9 Å². The van der Waals surface area contributed by atoms with Crippen LogP contribution in [0.4, 0.5) is 0 Å². The van der Waals surface area contributed by atoms with Crippen LogP contribution in [0.25, 0.3) is 11.3 Å². The summed E-state index contributed by atoms with van der Waals surface area (Å²) in [5, 5.41) is 0. The molecule has 5 nitrogen and oxygen atoms in total. The van der Waals surface area contributed by atoms with Gasteiger partial charge in [0, 0.05) is 30.4 Å². The molecule has 0 N–H and O–H groups in total. The van der Waals surface area contributed by atoms with Gasteiger partial charge >= 0.3 is 0 Å². The summed E-state index contributed by atoms with van der Waals surface area (Å²) in [6.07, 6.45) is 4.07. The van der Waals surface area contributed by atoms with Crippen LogP contribution in [0, 0.1) is 5.92 Å². The first-order chi connectivity index (χ1) is 13.7. The maximum Gasteiger partial charge on any atom is 0.254 e. The summed E-state index contributed by atoms with van der Waals surface area (Å²) >= 11 is 0. The Balaban J connectivity index is 1.55. The molecule has 0 aliphatic heterocycles. The predicted molar refractivity (Wildman–Crippen MR) is 108 cm³/mol. The molecular weight excluding hydrogens is 350 g/mol. The minimum absolute atomic E-state index is 0.00713. The summed E-state index contributed by atoms with van der Waals surface area (Å²) < 4.78 is 5.19. The van der Waals surface area contributed by atoms with E-state index < -0.39 is 0 Å². The number of hydrogen-bond acceptors (Lipinski definition) is 4. The monoisotopic (exact) mass is 373 g/mol. The minimum Gasteiger partial charge on any atom is -0.481 e. The fourth-order valence-corrected chi connectivity index (χ4v) is 3.52. The molecule has 5 heteroatoms. The Morgan fingerprint density at radius 1 is 1.07 bits per heavy atom. The first-order valence-corrected chi connectivity index (χ1v) is 9.47. The molecule has 0 spiro atoms. The number of carbonyl (C=O) groups is 1. The average Bonchev–Trinajstić information content (AvgIpc) is 3.59. The van der Waals surface area contributed by atoms with Gasteiger partial charge in [0.2, 0.25) is 5.88 Å². The zero-order valence-electron chi connectivity index (χ0n) is 16.1. The molecule has 0 unspecified atom stereocenters. The van der Waals surface area contributed by atoms with Crippen LogP contribution < -0.4 is 4.74 Å². The zero-order chi connectivity index (χ0) is 19.5. The Kier molecular flexibility index (Phi) is 5.06. The van der Waals surface area contributed by atoms with E-state index in [0.29, 0.717) is 17.4 Å². The maximum atomic E-state index is 13.1. The van der Waals surface area contributed by atoms with E-state index in [0.717, 1.165) is 29.8 Å². The quantitative estimate of drug-likeness (QED) is 0.644. The van der Waals surface area contributed by atoms with Crippen molar-refractivity contribution in [2.75, 3.05) is 14.2 Å². The molecule has 1 saturated carbocycles. The smallest absolute Gasteiger partial charge is 0.254 e. The highest BCUT2D eigenvalue weighted by atomic mass is 16.5. The highest BCUT2D eigenvalue weighted by molar-refractivity contribution is 5.94. The van der Waals surface area contributed by atoms with Crippen LogP contribution in [-0.4, -0.2) is 34.9 Å². The summed E-state index contributed by atoms with van der Waals surface area (Å²) in [4.78, 5) is 23.9. The van der Waals surface area contributed by atoms with Gasteiger partial charge in [0.15, 0.2) is 0 Å². The third-order valence-electron chi connectivity index (χ3n) is 5.16. The van der Waals surface area contributed by atoms with Gasteiger partial charge in [-0.25, -0.2) is 4.98 Å². The van der Waals surface area contributed by atoms with E-state index in [1.54, 1.807) is 13.3 Å². The Labute approximate surface area is 165 Å². The lowest BCUT2D eigenvalue weighted by atomic mass is 10.0. The van der Waals surface area contributed by atoms with Crippen LogP contribution >= 0.6 is 0 Å². The highest BCUT2D eigenvalue weighted by Gasteiger charge is 2.37. The fraction of sp³-hybridized carbons (Fsp3) is 0.261. The largest absolute Gasteiger partial charge is 0.481 e. The highest BCUT2D eigenvalue weighted by Crippen LogP contribution is 2.43. The number of nitrogens with zero attached hydrogens (tertiary/aromatic N) is 3. The summed E-state index contributed by atoms with van der Waals surface area (Å²) in [6, 6.07) is 19.1. The van der Waals surface area contributed by atoms with Crippen molar-refractivity contribution in [3.05, 3.63) is 78.1 Å². The molecule has 1 aromatic carbocycles. The van der Waals surface area contributed by atoms with Crippen molar-refractivity contribution in [2.45, 2.75) is 18.9 Å². The number of benzene rings is 1. The molecule has 1 atom stereocenters. The van der Waals surface area contributed by atoms with E-state index >= 15 is 0 Å². The summed E-state index contributed by atoms with van der Waals surface area (Å²) in [5.74, 6) is 1.07. The molecule has 2 heterocycles. The van der Waals surface area contributed by atoms with Crippen LogP contribution in [0.3, 0.4) is 0 Å². The minimum atomic E-state index is 0.00713. The lowest BCUT2D eigenvalue weighted by Gasteiger charge is -2.28. The molecule has 0 bridgehead atoms. The van der Waals surface area contributed by atoms with Gasteiger partial charge in [-0.05, 0) is 49.1 Å². The zero-order valence-corrected chi connectivity index (χ0v) is 16.1. The van der Waals surface area contributed by atoms with E-state index in [2.05, 4.69) is 9.97 Å². The second-order valence-electron chi connectivity index (χ2n) is 7.10. The van der Waals surface area contributed by atoms with Crippen LogP contribution in [0.1, 0.15) is 34.9 Å².